The Kier molecular flexibility index (Phi) is 3.88. The third kappa shape index (κ3) is 2.50. The number of amides is 2. The van der Waals surface area contributed by atoms with Crippen molar-refractivity contribution in [2.45, 2.75) is 49.6 Å². The summed E-state index contributed by atoms with van der Waals surface area (Å²) in [6.45, 7) is 1.78. The largest absolute Gasteiger partial charge is 0.370 e. The number of hydrogen-bond acceptors (Lipinski definition) is 8. The smallest absolute Gasteiger partial charge is 0.229 e. The molecule has 3 rings (SSSR count). The molecule has 2 fully saturated rings. The van der Waals surface area contributed by atoms with Gasteiger partial charge in [-0.05, 0) is 6.92 Å². The Morgan fingerprint density at radius 1 is 1.32 bits per heavy atom. The van der Waals surface area contributed by atoms with Gasteiger partial charge in [0.25, 0.3) is 0 Å². The van der Waals surface area contributed by atoms with Crippen molar-refractivity contribution in [1.29, 1.82) is 0 Å². The molecule has 0 radical (unpaired) electrons. The van der Waals surface area contributed by atoms with Crippen LogP contribution in [0.1, 0.15) is 26.2 Å². The van der Waals surface area contributed by atoms with Crippen molar-refractivity contribution in [3.8, 4) is 0 Å². The molecule has 0 saturated carbocycles. The molecule has 25 heavy (non-hydrogen) atoms. The van der Waals surface area contributed by atoms with E-state index in [0.29, 0.717) is 0 Å². The Morgan fingerprint density at radius 2 is 1.92 bits per heavy atom. The van der Waals surface area contributed by atoms with E-state index in [9.17, 15) is 19.8 Å². The highest BCUT2D eigenvalue weighted by molar-refractivity contribution is 6.02. The zero-order valence-electron chi connectivity index (χ0n) is 13.9. The van der Waals surface area contributed by atoms with E-state index in [1.54, 1.807) is 11.8 Å². The fourth-order valence-corrected chi connectivity index (χ4v) is 3.93. The van der Waals surface area contributed by atoms with E-state index in [-0.39, 0.29) is 56.1 Å². The second-order valence-electron chi connectivity index (χ2n) is 6.82. The number of rotatable bonds is 3. The van der Waals surface area contributed by atoms with E-state index in [1.807, 2.05) is 0 Å². The molecule has 11 heteroatoms. The van der Waals surface area contributed by atoms with Crippen LogP contribution in [-0.2, 0) is 9.59 Å². The summed E-state index contributed by atoms with van der Waals surface area (Å²) in [6.07, 6.45) is 0.320. The quantitative estimate of drug-likeness (QED) is 0.150. The van der Waals surface area contributed by atoms with Gasteiger partial charge in [0, 0.05) is 25.8 Å². The predicted octanol–water partition coefficient (Wildman–Crippen LogP) is -3.38. The third-order valence-electron chi connectivity index (χ3n) is 5.38. The van der Waals surface area contributed by atoms with Gasteiger partial charge in [0.2, 0.25) is 11.8 Å². The first kappa shape index (κ1) is 17.4. The maximum Gasteiger partial charge on any atom is 0.229 e. The molecule has 3 aliphatic rings. The van der Waals surface area contributed by atoms with Crippen LogP contribution in [0.5, 0.6) is 0 Å². The second kappa shape index (κ2) is 5.56. The number of carbonyl (C=O) groups excluding carboxylic acids is 2. The van der Waals surface area contributed by atoms with E-state index in [4.69, 9.17) is 17.2 Å². The summed E-state index contributed by atoms with van der Waals surface area (Å²) < 4.78 is 0. The molecule has 3 heterocycles. The maximum atomic E-state index is 11.9. The van der Waals surface area contributed by atoms with Gasteiger partial charge in [-0.2, -0.15) is 0 Å². The minimum Gasteiger partial charge on any atom is -0.370 e. The zero-order chi connectivity index (χ0) is 18.6. The van der Waals surface area contributed by atoms with Gasteiger partial charge in [0.15, 0.2) is 17.7 Å². The van der Waals surface area contributed by atoms with Crippen molar-refractivity contribution in [2.75, 3.05) is 13.1 Å². The fraction of sp³-hybridized carbons (Fsp3) is 0.714. The van der Waals surface area contributed by atoms with E-state index in [2.05, 4.69) is 9.98 Å². The number of hydrogen-bond donors (Lipinski definition) is 5. The molecule has 138 valence electrons. The van der Waals surface area contributed by atoms with Gasteiger partial charge in [-0.3, -0.25) is 14.5 Å². The van der Waals surface area contributed by atoms with Crippen LogP contribution in [0.25, 0.3) is 0 Å². The highest BCUT2D eigenvalue weighted by atomic mass is 16.5. The van der Waals surface area contributed by atoms with Gasteiger partial charge in [0.05, 0.1) is 12.6 Å². The summed E-state index contributed by atoms with van der Waals surface area (Å²) in [5, 5.41) is 21.1. The predicted molar refractivity (Wildman–Crippen MR) is 87.9 cm³/mol. The van der Waals surface area contributed by atoms with E-state index in [0.717, 1.165) is 4.90 Å². The van der Waals surface area contributed by atoms with Crippen molar-refractivity contribution in [1.82, 2.24) is 9.80 Å². The highest BCUT2D eigenvalue weighted by Crippen LogP contribution is 2.44. The molecule has 2 amide bonds. The summed E-state index contributed by atoms with van der Waals surface area (Å²) in [5.41, 5.74) is 15.7. The monoisotopic (exact) mass is 353 g/mol. The molecule has 0 aromatic heterocycles. The molecule has 0 aromatic rings. The van der Waals surface area contributed by atoms with E-state index >= 15 is 0 Å². The summed E-state index contributed by atoms with van der Waals surface area (Å²) in [7, 11) is 0. The number of guanidine groups is 2. The molecule has 0 aliphatic carbocycles. The lowest BCUT2D eigenvalue weighted by Gasteiger charge is -2.50. The molecule has 3 atom stereocenters. The lowest BCUT2D eigenvalue weighted by Crippen LogP contribution is -2.71. The van der Waals surface area contributed by atoms with Crippen LogP contribution in [0.15, 0.2) is 9.98 Å². The van der Waals surface area contributed by atoms with Gasteiger partial charge in [0.1, 0.15) is 11.6 Å². The first-order valence-electron chi connectivity index (χ1n) is 8.05. The topological polar surface area (TPSA) is 184 Å². The van der Waals surface area contributed by atoms with Crippen LogP contribution in [0, 0.1) is 0 Å². The molecule has 0 bridgehead atoms. The number of likely N-dealkylation sites (tertiary alicyclic amines) is 1. The third-order valence-corrected chi connectivity index (χ3v) is 5.38. The van der Waals surface area contributed by atoms with Crippen molar-refractivity contribution < 1.29 is 19.8 Å². The Balaban J connectivity index is 2.03. The molecular formula is C14H23N7O4. The number of nitrogens with zero attached hydrogens (tertiary/aromatic N) is 4. The lowest BCUT2D eigenvalue weighted by atomic mass is 9.79. The van der Waals surface area contributed by atoms with Crippen LogP contribution in [-0.4, -0.2) is 80.2 Å². The van der Waals surface area contributed by atoms with Crippen LogP contribution in [0.3, 0.4) is 0 Å². The number of aliphatic hydroxyl groups is 2. The minimum absolute atomic E-state index is 0.0323. The van der Waals surface area contributed by atoms with Crippen LogP contribution < -0.4 is 17.2 Å². The number of carbonyl (C=O) groups is 2. The first-order chi connectivity index (χ1) is 11.6. The summed E-state index contributed by atoms with van der Waals surface area (Å²) in [5.74, 6) is -2.89. The van der Waals surface area contributed by atoms with Crippen LogP contribution in [0.2, 0.25) is 0 Å². The fourth-order valence-electron chi connectivity index (χ4n) is 3.93. The van der Waals surface area contributed by atoms with Gasteiger partial charge in [-0.25, -0.2) is 9.98 Å². The van der Waals surface area contributed by atoms with E-state index in [1.165, 1.54) is 0 Å². The van der Waals surface area contributed by atoms with Gasteiger partial charge in [-0.1, -0.05) is 0 Å². The van der Waals surface area contributed by atoms with Gasteiger partial charge in [-0.15, -0.1) is 0 Å². The summed E-state index contributed by atoms with van der Waals surface area (Å²) in [6, 6.07) is -1.69. The molecule has 11 nitrogen and oxygen atoms in total. The molecule has 0 aromatic carbocycles. The second-order valence-corrected chi connectivity index (χ2v) is 6.82. The SMILES string of the molecule is CC12C(N=C(N)N)[C@H](CN3C(=O)CCC3=O)N=C(N)N1CCC2(O)O. The Bertz CT molecular complexity index is 656. The standard InChI is InChI=1S/C14H23N7O4/c1-13-10(19-11(15)16)7(6-20-8(22)2-3-9(20)23)18-12(17)21(13)5-4-14(13,24)25/h7,10,24-25H,2-6H2,1H3,(H2,17,18)(H4,15,16,19)/t7-,10?,13?/m0/s1. The first-order valence-corrected chi connectivity index (χ1v) is 8.05. The van der Waals surface area contributed by atoms with Crippen molar-refractivity contribution >= 4 is 23.7 Å². The van der Waals surface area contributed by atoms with Crippen LogP contribution in [0.4, 0.5) is 0 Å². The molecule has 2 saturated heterocycles. The average Bonchev–Trinajstić information content (AvgIpc) is 2.94. The van der Waals surface area contributed by atoms with Gasteiger partial charge >= 0.3 is 0 Å². The normalized spacial score (nSPS) is 34.1. The molecule has 8 N–H and O–H groups in total. The zero-order valence-corrected chi connectivity index (χ0v) is 13.9. The molecule has 3 aliphatic heterocycles. The highest BCUT2D eigenvalue weighted by Gasteiger charge is 2.64. The summed E-state index contributed by atoms with van der Waals surface area (Å²) >= 11 is 0. The van der Waals surface area contributed by atoms with Crippen molar-refractivity contribution in [3.05, 3.63) is 0 Å². The Morgan fingerprint density at radius 3 is 2.48 bits per heavy atom. The minimum atomic E-state index is -2.12. The number of fused-ring (bicyclic) bond motifs is 1. The summed E-state index contributed by atoms with van der Waals surface area (Å²) in [4.78, 5) is 35.0. The number of aliphatic imine (C=N–C) groups is 2. The Labute approximate surface area is 144 Å². The molecular weight excluding hydrogens is 330 g/mol. The Hall–Kier alpha value is -2.40. The van der Waals surface area contributed by atoms with E-state index < -0.39 is 23.4 Å². The number of imide groups is 1. The lowest BCUT2D eigenvalue weighted by molar-refractivity contribution is -0.213. The maximum absolute atomic E-state index is 11.9. The van der Waals surface area contributed by atoms with Crippen molar-refractivity contribution in [3.63, 3.8) is 0 Å². The molecule has 2 unspecified atom stereocenters. The molecule has 0 spiro atoms. The van der Waals surface area contributed by atoms with Crippen LogP contribution >= 0.6 is 0 Å². The van der Waals surface area contributed by atoms with Gasteiger partial charge < -0.3 is 32.3 Å². The van der Waals surface area contributed by atoms with Crippen molar-refractivity contribution in [2.24, 2.45) is 27.2 Å². The average molecular weight is 353 g/mol. The number of nitrogens with two attached hydrogens (primary N) is 3.